The van der Waals surface area contributed by atoms with Crippen LogP contribution in [0.2, 0.25) is 0 Å². The Morgan fingerprint density at radius 3 is 1.80 bits per heavy atom. The van der Waals surface area contributed by atoms with E-state index in [0.29, 0.717) is 16.9 Å². The Bertz CT molecular complexity index is 631. The number of carbonyl (C=O) groups is 2. The maximum absolute atomic E-state index is 11.5. The molecule has 0 aromatic heterocycles. The third-order valence-electron chi connectivity index (χ3n) is 2.97. The average molecular weight is 270 g/mol. The van der Waals surface area contributed by atoms with E-state index in [1.54, 1.807) is 49.6 Å². The van der Waals surface area contributed by atoms with Gasteiger partial charge in [-0.2, -0.15) is 0 Å². The van der Waals surface area contributed by atoms with Crippen LogP contribution in [0.15, 0.2) is 42.5 Å². The number of carbonyl (C=O) groups excluding carboxylic acids is 2. The summed E-state index contributed by atoms with van der Waals surface area (Å²) in [6, 6.07) is 11.7. The highest BCUT2D eigenvalue weighted by atomic mass is 16.5. The third-order valence-corrected chi connectivity index (χ3v) is 2.97. The molecule has 0 atom stereocenters. The first-order chi connectivity index (χ1) is 9.54. The van der Waals surface area contributed by atoms with Gasteiger partial charge in [-0.3, -0.25) is 9.59 Å². The summed E-state index contributed by atoms with van der Waals surface area (Å²) in [7, 11) is 1.56. The predicted molar refractivity (Wildman–Crippen MR) is 75.5 cm³/mol. The first-order valence-corrected chi connectivity index (χ1v) is 5.91. The van der Waals surface area contributed by atoms with Crippen LogP contribution in [0.4, 0.5) is 0 Å². The van der Waals surface area contributed by atoms with Gasteiger partial charge in [0, 0.05) is 16.7 Å². The van der Waals surface area contributed by atoms with Crippen LogP contribution in [0.25, 0.3) is 11.1 Å². The molecule has 5 nitrogen and oxygen atoms in total. The maximum Gasteiger partial charge on any atom is 0.249 e. The normalized spacial score (nSPS) is 10.1. The molecule has 20 heavy (non-hydrogen) atoms. The Labute approximate surface area is 116 Å². The Balaban J connectivity index is 2.68. The van der Waals surface area contributed by atoms with E-state index in [-0.39, 0.29) is 11.1 Å². The number of rotatable bonds is 4. The molecule has 0 aliphatic carbocycles. The molecular weight excluding hydrogens is 256 g/mol. The summed E-state index contributed by atoms with van der Waals surface area (Å²) in [6.45, 7) is 0. The van der Waals surface area contributed by atoms with Crippen molar-refractivity contribution in [1.82, 2.24) is 0 Å². The topological polar surface area (TPSA) is 95.4 Å². The molecule has 5 heteroatoms. The lowest BCUT2D eigenvalue weighted by atomic mass is 9.93. The van der Waals surface area contributed by atoms with Crippen LogP contribution in [0.5, 0.6) is 5.75 Å². The lowest BCUT2D eigenvalue weighted by Gasteiger charge is -2.11. The largest absolute Gasteiger partial charge is 0.497 e. The molecule has 102 valence electrons. The summed E-state index contributed by atoms with van der Waals surface area (Å²) in [5, 5.41) is 0. The number of methoxy groups -OCH3 is 1. The van der Waals surface area contributed by atoms with Crippen LogP contribution in [0.3, 0.4) is 0 Å². The molecular formula is C15H14N2O3. The SMILES string of the molecule is COc1ccc(-c2c(C(N)=O)cccc2C(N)=O)cc1. The van der Waals surface area contributed by atoms with Crippen molar-refractivity contribution in [2.75, 3.05) is 7.11 Å². The summed E-state index contributed by atoms with van der Waals surface area (Å²) in [5.74, 6) is -0.552. The number of ether oxygens (including phenoxy) is 1. The summed E-state index contributed by atoms with van der Waals surface area (Å²) in [5.41, 5.74) is 12.3. The van der Waals surface area contributed by atoms with Crippen molar-refractivity contribution in [3.05, 3.63) is 53.6 Å². The molecule has 2 rings (SSSR count). The highest BCUT2D eigenvalue weighted by molar-refractivity contribution is 6.08. The first-order valence-electron chi connectivity index (χ1n) is 5.91. The molecule has 4 N–H and O–H groups in total. The second kappa shape index (κ2) is 5.44. The van der Waals surface area contributed by atoms with E-state index in [4.69, 9.17) is 16.2 Å². The van der Waals surface area contributed by atoms with Gasteiger partial charge in [0.05, 0.1) is 7.11 Å². The number of hydrogen-bond donors (Lipinski definition) is 2. The maximum atomic E-state index is 11.5. The van der Waals surface area contributed by atoms with Gasteiger partial charge in [0.15, 0.2) is 0 Å². The molecule has 2 amide bonds. The Morgan fingerprint density at radius 1 is 0.900 bits per heavy atom. The third kappa shape index (κ3) is 2.47. The fraction of sp³-hybridized carbons (Fsp3) is 0.0667. The minimum absolute atomic E-state index is 0.256. The lowest BCUT2D eigenvalue weighted by Crippen LogP contribution is -2.18. The van der Waals surface area contributed by atoms with Gasteiger partial charge in [0.25, 0.3) is 0 Å². The van der Waals surface area contributed by atoms with Crippen LogP contribution >= 0.6 is 0 Å². The van der Waals surface area contributed by atoms with Crippen molar-refractivity contribution in [3.63, 3.8) is 0 Å². The second-order valence-electron chi connectivity index (χ2n) is 4.19. The monoisotopic (exact) mass is 270 g/mol. The molecule has 0 aliphatic rings. The average Bonchev–Trinajstić information content (AvgIpc) is 2.46. The van der Waals surface area contributed by atoms with Crippen molar-refractivity contribution in [3.8, 4) is 16.9 Å². The minimum Gasteiger partial charge on any atom is -0.497 e. The Morgan fingerprint density at radius 2 is 1.40 bits per heavy atom. The van der Waals surface area contributed by atoms with Crippen molar-refractivity contribution in [1.29, 1.82) is 0 Å². The van der Waals surface area contributed by atoms with Crippen LogP contribution in [0, 0.1) is 0 Å². The number of nitrogens with two attached hydrogens (primary N) is 2. The molecule has 2 aromatic carbocycles. The first kappa shape index (κ1) is 13.6. The van der Waals surface area contributed by atoms with Crippen LogP contribution in [-0.4, -0.2) is 18.9 Å². The van der Waals surface area contributed by atoms with Crippen LogP contribution in [-0.2, 0) is 0 Å². The number of primary amides is 2. The zero-order chi connectivity index (χ0) is 14.7. The predicted octanol–water partition coefficient (Wildman–Crippen LogP) is 1.56. The Kier molecular flexibility index (Phi) is 3.70. The van der Waals surface area contributed by atoms with E-state index < -0.39 is 11.8 Å². The molecule has 0 saturated heterocycles. The smallest absolute Gasteiger partial charge is 0.249 e. The highest BCUT2D eigenvalue weighted by Crippen LogP contribution is 2.29. The van der Waals surface area contributed by atoms with E-state index in [0.717, 1.165) is 0 Å². The van der Waals surface area contributed by atoms with Gasteiger partial charge in [-0.1, -0.05) is 18.2 Å². The lowest BCUT2D eigenvalue weighted by molar-refractivity contribution is 0.0999. The van der Waals surface area contributed by atoms with Gasteiger partial charge < -0.3 is 16.2 Å². The number of benzene rings is 2. The quantitative estimate of drug-likeness (QED) is 0.882. The van der Waals surface area contributed by atoms with E-state index in [1.165, 1.54) is 0 Å². The molecule has 0 saturated carbocycles. The van der Waals surface area contributed by atoms with Crippen molar-refractivity contribution >= 4 is 11.8 Å². The molecule has 2 aromatic rings. The van der Waals surface area contributed by atoms with E-state index in [9.17, 15) is 9.59 Å². The van der Waals surface area contributed by atoms with Gasteiger partial charge in [-0.15, -0.1) is 0 Å². The summed E-state index contributed by atoms with van der Waals surface area (Å²) >= 11 is 0. The van der Waals surface area contributed by atoms with E-state index >= 15 is 0 Å². The van der Waals surface area contributed by atoms with Gasteiger partial charge in [0.1, 0.15) is 5.75 Å². The molecule has 0 fully saturated rings. The summed E-state index contributed by atoms with van der Waals surface area (Å²) in [6.07, 6.45) is 0. The highest BCUT2D eigenvalue weighted by Gasteiger charge is 2.17. The number of amides is 2. The van der Waals surface area contributed by atoms with Crippen molar-refractivity contribution < 1.29 is 14.3 Å². The second-order valence-corrected chi connectivity index (χ2v) is 4.19. The number of hydrogen-bond acceptors (Lipinski definition) is 3. The van der Waals surface area contributed by atoms with Gasteiger partial charge >= 0.3 is 0 Å². The zero-order valence-corrected chi connectivity index (χ0v) is 10.9. The van der Waals surface area contributed by atoms with Crippen molar-refractivity contribution in [2.24, 2.45) is 11.5 Å². The van der Waals surface area contributed by atoms with Gasteiger partial charge in [-0.25, -0.2) is 0 Å². The molecule has 0 heterocycles. The fourth-order valence-corrected chi connectivity index (χ4v) is 2.03. The zero-order valence-electron chi connectivity index (χ0n) is 10.9. The van der Waals surface area contributed by atoms with E-state index in [1.807, 2.05) is 0 Å². The summed E-state index contributed by atoms with van der Waals surface area (Å²) in [4.78, 5) is 23.1. The summed E-state index contributed by atoms with van der Waals surface area (Å²) < 4.78 is 5.08. The Hall–Kier alpha value is -2.82. The minimum atomic E-state index is -0.612. The molecule has 0 unspecified atom stereocenters. The van der Waals surface area contributed by atoms with E-state index in [2.05, 4.69) is 0 Å². The molecule has 0 bridgehead atoms. The van der Waals surface area contributed by atoms with Crippen molar-refractivity contribution in [2.45, 2.75) is 0 Å². The van der Waals surface area contributed by atoms with Gasteiger partial charge in [-0.05, 0) is 29.8 Å². The molecule has 0 spiro atoms. The standard InChI is InChI=1S/C15H14N2O3/c1-20-10-7-5-9(6-8-10)13-11(14(16)18)3-2-4-12(13)15(17)19/h2-8H,1H3,(H2,16,18)(H2,17,19). The van der Waals surface area contributed by atoms with Crippen LogP contribution < -0.4 is 16.2 Å². The van der Waals surface area contributed by atoms with Crippen LogP contribution in [0.1, 0.15) is 20.7 Å². The molecule has 0 aliphatic heterocycles. The molecule has 0 radical (unpaired) electrons. The van der Waals surface area contributed by atoms with Gasteiger partial charge in [0.2, 0.25) is 11.8 Å². The fourth-order valence-electron chi connectivity index (χ4n) is 2.03.